The molecule has 5 nitrogen and oxygen atoms in total. The fourth-order valence-corrected chi connectivity index (χ4v) is 2.77. The van der Waals surface area contributed by atoms with Gasteiger partial charge in [-0.1, -0.05) is 12.1 Å². The predicted molar refractivity (Wildman–Crippen MR) is 78.0 cm³/mol. The predicted octanol–water partition coefficient (Wildman–Crippen LogP) is 2.58. The standard InChI is InChI=1S/C14H13FN2O3S/c1-10(18)16-13-4-2-3-5-14(13)17-21(19,20)12-8-6-11(15)7-9-12/h2-9,17H,1H3,(H,16,18). The summed E-state index contributed by atoms with van der Waals surface area (Å²) in [5.74, 6) is -0.837. The molecule has 21 heavy (non-hydrogen) atoms. The molecule has 2 aromatic rings. The zero-order chi connectivity index (χ0) is 15.5. The van der Waals surface area contributed by atoms with Crippen molar-refractivity contribution in [2.75, 3.05) is 10.0 Å². The molecular weight excluding hydrogens is 295 g/mol. The number of rotatable bonds is 4. The molecule has 0 aliphatic heterocycles. The molecular formula is C14H13FN2O3S. The maximum absolute atomic E-state index is 12.8. The Morgan fingerprint density at radius 3 is 2.14 bits per heavy atom. The minimum atomic E-state index is -3.86. The van der Waals surface area contributed by atoms with Crippen LogP contribution in [-0.4, -0.2) is 14.3 Å². The van der Waals surface area contributed by atoms with Crippen LogP contribution in [0, 0.1) is 5.82 Å². The van der Waals surface area contributed by atoms with Crippen molar-refractivity contribution in [3.63, 3.8) is 0 Å². The average molecular weight is 308 g/mol. The zero-order valence-electron chi connectivity index (χ0n) is 11.1. The fraction of sp³-hybridized carbons (Fsp3) is 0.0714. The van der Waals surface area contributed by atoms with E-state index in [9.17, 15) is 17.6 Å². The van der Waals surface area contributed by atoms with Crippen LogP contribution in [0.4, 0.5) is 15.8 Å². The molecule has 0 aliphatic carbocycles. The summed E-state index contributed by atoms with van der Waals surface area (Å²) in [5, 5.41) is 2.53. The molecule has 2 aromatic carbocycles. The van der Waals surface area contributed by atoms with Crippen LogP contribution in [0.15, 0.2) is 53.4 Å². The number of halogens is 1. The molecule has 0 saturated carbocycles. The van der Waals surface area contributed by atoms with Gasteiger partial charge < -0.3 is 5.32 Å². The number of nitrogens with one attached hydrogen (secondary N) is 2. The highest BCUT2D eigenvalue weighted by Crippen LogP contribution is 2.24. The van der Waals surface area contributed by atoms with Crippen molar-refractivity contribution in [3.8, 4) is 0 Å². The van der Waals surface area contributed by atoms with Gasteiger partial charge in [0, 0.05) is 6.92 Å². The molecule has 0 spiro atoms. The van der Waals surface area contributed by atoms with Crippen LogP contribution in [0.1, 0.15) is 6.92 Å². The molecule has 1 amide bonds. The van der Waals surface area contributed by atoms with Gasteiger partial charge in [-0.05, 0) is 36.4 Å². The van der Waals surface area contributed by atoms with Crippen LogP contribution >= 0.6 is 0 Å². The SMILES string of the molecule is CC(=O)Nc1ccccc1NS(=O)(=O)c1ccc(F)cc1. The van der Waals surface area contributed by atoms with Crippen LogP contribution < -0.4 is 10.0 Å². The summed E-state index contributed by atoms with van der Waals surface area (Å²) < 4.78 is 39.6. The first-order chi connectivity index (χ1) is 9.88. The molecule has 0 unspecified atom stereocenters. The number of carbonyl (C=O) groups is 1. The molecule has 0 radical (unpaired) electrons. The highest BCUT2D eigenvalue weighted by atomic mass is 32.2. The van der Waals surface area contributed by atoms with Gasteiger partial charge in [-0.25, -0.2) is 12.8 Å². The van der Waals surface area contributed by atoms with E-state index in [0.29, 0.717) is 5.69 Å². The van der Waals surface area contributed by atoms with E-state index in [0.717, 1.165) is 12.1 Å². The Hall–Kier alpha value is -2.41. The van der Waals surface area contributed by atoms with E-state index in [1.807, 2.05) is 0 Å². The van der Waals surface area contributed by atoms with Crippen LogP contribution in [0.25, 0.3) is 0 Å². The first-order valence-corrected chi connectivity index (χ1v) is 7.52. The molecule has 0 heterocycles. The Balaban J connectivity index is 2.33. The minimum Gasteiger partial charge on any atom is -0.325 e. The van der Waals surface area contributed by atoms with Crippen molar-refractivity contribution < 1.29 is 17.6 Å². The Kier molecular flexibility index (Phi) is 4.23. The van der Waals surface area contributed by atoms with Gasteiger partial charge in [0.2, 0.25) is 5.91 Å². The third-order valence-corrected chi connectivity index (χ3v) is 3.99. The molecule has 0 aliphatic rings. The van der Waals surface area contributed by atoms with E-state index in [-0.39, 0.29) is 16.5 Å². The largest absolute Gasteiger partial charge is 0.325 e. The Bertz CT molecular complexity index is 758. The molecule has 0 atom stereocenters. The van der Waals surface area contributed by atoms with Crippen molar-refractivity contribution in [2.24, 2.45) is 0 Å². The maximum atomic E-state index is 12.8. The summed E-state index contributed by atoms with van der Waals surface area (Å²) >= 11 is 0. The van der Waals surface area contributed by atoms with E-state index >= 15 is 0 Å². The van der Waals surface area contributed by atoms with E-state index in [2.05, 4.69) is 10.0 Å². The summed E-state index contributed by atoms with van der Waals surface area (Å²) in [5.41, 5.74) is 0.577. The molecule has 2 N–H and O–H groups in total. The molecule has 0 bridgehead atoms. The lowest BCUT2D eigenvalue weighted by atomic mass is 10.3. The normalized spacial score (nSPS) is 11.0. The Labute approximate surface area is 121 Å². The molecule has 7 heteroatoms. The zero-order valence-corrected chi connectivity index (χ0v) is 11.9. The van der Waals surface area contributed by atoms with Gasteiger partial charge in [0.15, 0.2) is 0 Å². The number of hydrogen-bond donors (Lipinski definition) is 2. The number of para-hydroxylation sites is 2. The van der Waals surface area contributed by atoms with Crippen molar-refractivity contribution in [3.05, 3.63) is 54.3 Å². The van der Waals surface area contributed by atoms with Crippen molar-refractivity contribution in [1.82, 2.24) is 0 Å². The molecule has 2 rings (SSSR count). The van der Waals surface area contributed by atoms with Crippen LogP contribution in [0.5, 0.6) is 0 Å². The van der Waals surface area contributed by atoms with Gasteiger partial charge in [0.25, 0.3) is 10.0 Å². The topological polar surface area (TPSA) is 75.3 Å². The van der Waals surface area contributed by atoms with Crippen LogP contribution in [-0.2, 0) is 14.8 Å². The quantitative estimate of drug-likeness (QED) is 0.911. The van der Waals surface area contributed by atoms with Gasteiger partial charge in [-0.2, -0.15) is 0 Å². The second-order valence-electron chi connectivity index (χ2n) is 4.29. The lowest BCUT2D eigenvalue weighted by molar-refractivity contribution is -0.114. The highest BCUT2D eigenvalue weighted by Gasteiger charge is 2.16. The third-order valence-electron chi connectivity index (χ3n) is 2.61. The smallest absolute Gasteiger partial charge is 0.261 e. The van der Waals surface area contributed by atoms with Crippen molar-refractivity contribution in [2.45, 2.75) is 11.8 Å². The maximum Gasteiger partial charge on any atom is 0.261 e. The lowest BCUT2D eigenvalue weighted by Gasteiger charge is -2.12. The third kappa shape index (κ3) is 3.79. The van der Waals surface area contributed by atoms with Gasteiger partial charge in [0.1, 0.15) is 5.82 Å². The van der Waals surface area contributed by atoms with Crippen LogP contribution in [0.3, 0.4) is 0 Å². The number of amides is 1. The summed E-state index contributed by atoms with van der Waals surface area (Å²) in [6, 6.07) is 10.9. The van der Waals surface area contributed by atoms with E-state index in [1.54, 1.807) is 18.2 Å². The van der Waals surface area contributed by atoms with Crippen LogP contribution in [0.2, 0.25) is 0 Å². The average Bonchev–Trinajstić information content (AvgIpc) is 2.40. The van der Waals surface area contributed by atoms with Gasteiger partial charge in [0.05, 0.1) is 16.3 Å². The van der Waals surface area contributed by atoms with Crippen molar-refractivity contribution in [1.29, 1.82) is 0 Å². The monoisotopic (exact) mass is 308 g/mol. The Morgan fingerprint density at radius 1 is 1.00 bits per heavy atom. The number of carbonyl (C=O) groups excluding carboxylic acids is 1. The van der Waals surface area contributed by atoms with E-state index < -0.39 is 15.8 Å². The highest BCUT2D eigenvalue weighted by molar-refractivity contribution is 7.92. The molecule has 0 fully saturated rings. The van der Waals surface area contributed by atoms with E-state index in [4.69, 9.17) is 0 Å². The van der Waals surface area contributed by atoms with Gasteiger partial charge in [-0.3, -0.25) is 9.52 Å². The van der Waals surface area contributed by atoms with Crippen molar-refractivity contribution >= 4 is 27.3 Å². The first kappa shape index (κ1) is 15.0. The molecule has 0 aromatic heterocycles. The van der Waals surface area contributed by atoms with E-state index in [1.165, 1.54) is 25.1 Å². The second-order valence-corrected chi connectivity index (χ2v) is 5.97. The summed E-state index contributed by atoms with van der Waals surface area (Å²) in [6.07, 6.45) is 0. The van der Waals surface area contributed by atoms with Gasteiger partial charge in [-0.15, -0.1) is 0 Å². The summed E-state index contributed by atoms with van der Waals surface area (Å²) in [4.78, 5) is 11.0. The lowest BCUT2D eigenvalue weighted by Crippen LogP contribution is -2.15. The molecule has 0 saturated heterocycles. The number of sulfonamides is 1. The fourth-order valence-electron chi connectivity index (χ4n) is 1.69. The van der Waals surface area contributed by atoms with Gasteiger partial charge >= 0.3 is 0 Å². The first-order valence-electron chi connectivity index (χ1n) is 6.03. The summed E-state index contributed by atoms with van der Waals surface area (Å²) in [7, 11) is -3.86. The number of anilines is 2. The molecule has 110 valence electrons. The second kappa shape index (κ2) is 5.92. The minimum absolute atomic E-state index is 0.0680. The Morgan fingerprint density at radius 2 is 1.57 bits per heavy atom. The number of benzene rings is 2. The summed E-state index contributed by atoms with van der Waals surface area (Å²) in [6.45, 7) is 1.32. The number of hydrogen-bond acceptors (Lipinski definition) is 3.